The standard InChI is InChI=1S/C26H25NO6/c28-14-21-20(10-5-11-23(21)29)25(31)24(30)12-13-27-26(32)33-15-22-18-8-3-1-6-16(18)17-7-2-4-9-19(17)22/h1-11,14,22,24-25,29-31H,12-13,15H2,(H,27,32). The fourth-order valence-electron chi connectivity index (χ4n) is 4.29. The zero-order valence-corrected chi connectivity index (χ0v) is 17.8. The van der Waals surface area contributed by atoms with Gasteiger partial charge in [-0.1, -0.05) is 60.7 Å². The highest BCUT2D eigenvalue weighted by Crippen LogP contribution is 2.44. The van der Waals surface area contributed by atoms with E-state index in [-0.39, 0.29) is 42.4 Å². The van der Waals surface area contributed by atoms with Crippen LogP contribution >= 0.6 is 0 Å². The van der Waals surface area contributed by atoms with Crippen molar-refractivity contribution >= 4 is 12.4 Å². The number of phenols is 1. The lowest BCUT2D eigenvalue weighted by atomic mass is 9.97. The summed E-state index contributed by atoms with van der Waals surface area (Å²) in [6.07, 6.45) is -2.81. The van der Waals surface area contributed by atoms with Crippen LogP contribution in [-0.2, 0) is 4.74 Å². The number of hydrogen-bond donors (Lipinski definition) is 4. The quantitative estimate of drug-likeness (QED) is 0.393. The molecule has 1 amide bonds. The summed E-state index contributed by atoms with van der Waals surface area (Å²) >= 11 is 0. The van der Waals surface area contributed by atoms with Gasteiger partial charge in [0.05, 0.1) is 11.7 Å². The summed E-state index contributed by atoms with van der Waals surface area (Å²) in [4.78, 5) is 23.4. The second-order valence-corrected chi connectivity index (χ2v) is 7.95. The molecule has 0 aromatic heterocycles. The predicted octanol–water partition coefficient (Wildman–Crippen LogP) is 3.53. The van der Waals surface area contributed by atoms with Crippen molar-refractivity contribution in [2.45, 2.75) is 24.5 Å². The monoisotopic (exact) mass is 447 g/mol. The van der Waals surface area contributed by atoms with E-state index in [0.717, 1.165) is 22.3 Å². The molecule has 3 aromatic carbocycles. The van der Waals surface area contributed by atoms with Crippen molar-refractivity contribution in [3.8, 4) is 16.9 Å². The van der Waals surface area contributed by atoms with Gasteiger partial charge >= 0.3 is 6.09 Å². The Morgan fingerprint density at radius 1 is 0.970 bits per heavy atom. The minimum Gasteiger partial charge on any atom is -0.507 e. The maximum absolute atomic E-state index is 12.2. The molecule has 0 heterocycles. The summed E-state index contributed by atoms with van der Waals surface area (Å²) in [5.74, 6) is -0.325. The fraction of sp³-hybridized carbons (Fsp3) is 0.231. The van der Waals surface area contributed by atoms with Gasteiger partial charge in [0, 0.05) is 12.5 Å². The molecular weight excluding hydrogens is 422 g/mol. The Bertz CT molecular complexity index is 1120. The number of amides is 1. The first-order valence-corrected chi connectivity index (χ1v) is 10.7. The number of phenolic OH excluding ortho intramolecular Hbond substituents is 1. The molecule has 7 nitrogen and oxygen atoms in total. The molecule has 1 aliphatic rings. The van der Waals surface area contributed by atoms with Gasteiger partial charge in [0.1, 0.15) is 18.5 Å². The van der Waals surface area contributed by atoms with E-state index in [4.69, 9.17) is 4.74 Å². The number of ether oxygens (including phenoxy) is 1. The number of carbonyl (C=O) groups is 2. The SMILES string of the molecule is O=Cc1c(O)cccc1C(O)C(O)CCNC(=O)OCC1c2ccccc2-c2ccccc21. The zero-order valence-electron chi connectivity index (χ0n) is 17.8. The smallest absolute Gasteiger partial charge is 0.407 e. The number of fused-ring (bicyclic) bond motifs is 3. The maximum Gasteiger partial charge on any atom is 0.407 e. The molecule has 0 aliphatic heterocycles. The van der Waals surface area contributed by atoms with Crippen molar-refractivity contribution in [1.29, 1.82) is 0 Å². The minimum atomic E-state index is -1.39. The number of hydrogen-bond acceptors (Lipinski definition) is 6. The van der Waals surface area contributed by atoms with Gasteiger partial charge < -0.3 is 25.4 Å². The van der Waals surface area contributed by atoms with Crippen LogP contribution in [0.15, 0.2) is 66.7 Å². The van der Waals surface area contributed by atoms with Crippen LogP contribution in [0.25, 0.3) is 11.1 Å². The van der Waals surface area contributed by atoms with Crippen molar-refractivity contribution < 1.29 is 29.6 Å². The average molecular weight is 447 g/mol. The number of alkyl carbamates (subject to hydrolysis) is 1. The third kappa shape index (κ3) is 4.60. The van der Waals surface area contributed by atoms with E-state index in [1.165, 1.54) is 18.2 Å². The molecule has 0 fully saturated rings. The highest BCUT2D eigenvalue weighted by atomic mass is 16.5. The second-order valence-electron chi connectivity index (χ2n) is 7.95. The first-order chi connectivity index (χ1) is 16.0. The van der Waals surface area contributed by atoms with Crippen LogP contribution in [0, 0.1) is 0 Å². The molecule has 170 valence electrons. The largest absolute Gasteiger partial charge is 0.507 e. The Hall–Kier alpha value is -3.68. The van der Waals surface area contributed by atoms with Crippen LogP contribution in [0.2, 0.25) is 0 Å². The van der Waals surface area contributed by atoms with Crippen LogP contribution in [-0.4, -0.2) is 47.0 Å². The van der Waals surface area contributed by atoms with E-state index in [9.17, 15) is 24.9 Å². The number of nitrogens with one attached hydrogen (secondary N) is 1. The number of carbonyl (C=O) groups excluding carboxylic acids is 2. The number of rotatable bonds is 8. The Morgan fingerprint density at radius 3 is 2.24 bits per heavy atom. The highest BCUT2D eigenvalue weighted by Gasteiger charge is 2.29. The lowest BCUT2D eigenvalue weighted by Gasteiger charge is -2.20. The molecule has 0 saturated carbocycles. The maximum atomic E-state index is 12.2. The van der Waals surface area contributed by atoms with Crippen LogP contribution in [0.5, 0.6) is 5.75 Å². The molecule has 0 saturated heterocycles. The number of aromatic hydroxyl groups is 1. The molecule has 2 atom stereocenters. The number of aliphatic hydroxyl groups is 2. The van der Waals surface area contributed by atoms with Crippen molar-refractivity contribution in [2.75, 3.05) is 13.2 Å². The van der Waals surface area contributed by atoms with Gasteiger partial charge in [-0.05, 0) is 40.3 Å². The summed E-state index contributed by atoms with van der Waals surface area (Å²) in [7, 11) is 0. The van der Waals surface area contributed by atoms with Gasteiger partial charge in [0.2, 0.25) is 0 Å². The van der Waals surface area contributed by atoms with Crippen LogP contribution < -0.4 is 5.32 Å². The molecule has 0 bridgehead atoms. The van der Waals surface area contributed by atoms with Gasteiger partial charge in [0.25, 0.3) is 0 Å². The number of aliphatic hydroxyl groups excluding tert-OH is 2. The molecule has 0 radical (unpaired) electrons. The Kier molecular flexibility index (Phi) is 6.72. The van der Waals surface area contributed by atoms with Crippen molar-refractivity contribution in [3.05, 3.63) is 89.0 Å². The van der Waals surface area contributed by atoms with E-state index in [1.54, 1.807) is 0 Å². The Balaban J connectivity index is 1.30. The first-order valence-electron chi connectivity index (χ1n) is 10.7. The fourth-order valence-corrected chi connectivity index (χ4v) is 4.29. The second kappa shape index (κ2) is 9.85. The van der Waals surface area contributed by atoms with Crippen molar-refractivity contribution in [2.24, 2.45) is 0 Å². The molecular formula is C26H25NO6. The van der Waals surface area contributed by atoms with Crippen LogP contribution in [0.4, 0.5) is 4.79 Å². The topological polar surface area (TPSA) is 116 Å². The lowest BCUT2D eigenvalue weighted by molar-refractivity contribution is 0.0132. The third-order valence-electron chi connectivity index (χ3n) is 5.97. The minimum absolute atomic E-state index is 0.0271. The van der Waals surface area contributed by atoms with Crippen molar-refractivity contribution in [1.82, 2.24) is 5.32 Å². The van der Waals surface area contributed by atoms with E-state index in [0.29, 0.717) is 6.29 Å². The van der Waals surface area contributed by atoms with Gasteiger partial charge in [-0.2, -0.15) is 0 Å². The highest BCUT2D eigenvalue weighted by molar-refractivity contribution is 5.82. The summed E-state index contributed by atoms with van der Waals surface area (Å²) in [5.41, 5.74) is 4.55. The molecule has 4 N–H and O–H groups in total. The van der Waals surface area contributed by atoms with Crippen LogP contribution in [0.3, 0.4) is 0 Å². The summed E-state index contributed by atoms with van der Waals surface area (Å²) in [6, 6.07) is 20.3. The van der Waals surface area contributed by atoms with Gasteiger partial charge in [-0.25, -0.2) is 4.79 Å². The van der Waals surface area contributed by atoms with E-state index in [2.05, 4.69) is 17.4 Å². The summed E-state index contributed by atoms with van der Waals surface area (Å²) < 4.78 is 5.45. The van der Waals surface area contributed by atoms with Gasteiger partial charge in [-0.15, -0.1) is 0 Å². The molecule has 0 spiro atoms. The molecule has 7 heteroatoms. The lowest BCUT2D eigenvalue weighted by Crippen LogP contribution is -2.31. The molecule has 4 rings (SSSR count). The first kappa shape index (κ1) is 22.5. The summed E-state index contributed by atoms with van der Waals surface area (Å²) in [5, 5.41) is 33.0. The van der Waals surface area contributed by atoms with E-state index >= 15 is 0 Å². The summed E-state index contributed by atoms with van der Waals surface area (Å²) in [6.45, 7) is 0.237. The molecule has 33 heavy (non-hydrogen) atoms. The van der Waals surface area contributed by atoms with E-state index < -0.39 is 18.3 Å². The normalized spacial score (nSPS) is 14.1. The number of aldehydes is 1. The molecule has 1 aliphatic carbocycles. The molecule has 2 unspecified atom stereocenters. The number of benzene rings is 3. The Morgan fingerprint density at radius 2 is 1.61 bits per heavy atom. The predicted molar refractivity (Wildman–Crippen MR) is 122 cm³/mol. The zero-order chi connectivity index (χ0) is 23.4. The van der Waals surface area contributed by atoms with E-state index in [1.807, 2.05) is 36.4 Å². The van der Waals surface area contributed by atoms with Gasteiger partial charge in [0.15, 0.2) is 6.29 Å². The third-order valence-corrected chi connectivity index (χ3v) is 5.97. The van der Waals surface area contributed by atoms with Gasteiger partial charge in [-0.3, -0.25) is 4.79 Å². The van der Waals surface area contributed by atoms with Crippen molar-refractivity contribution in [3.63, 3.8) is 0 Å². The Labute approximate surface area is 191 Å². The average Bonchev–Trinajstić information content (AvgIpc) is 3.15. The van der Waals surface area contributed by atoms with Crippen LogP contribution in [0.1, 0.15) is 45.5 Å². The molecule has 3 aromatic rings.